The van der Waals surface area contributed by atoms with Gasteiger partial charge in [0.2, 0.25) is 5.88 Å². The number of rotatable bonds is 4. The fourth-order valence-corrected chi connectivity index (χ4v) is 3.01. The third-order valence-electron chi connectivity index (χ3n) is 4.26. The highest BCUT2D eigenvalue weighted by molar-refractivity contribution is 5.63. The van der Waals surface area contributed by atoms with E-state index in [9.17, 15) is 0 Å². The highest BCUT2D eigenvalue weighted by Gasteiger charge is 2.42. The summed E-state index contributed by atoms with van der Waals surface area (Å²) >= 11 is 0. The van der Waals surface area contributed by atoms with Crippen LogP contribution in [-0.2, 0) is 0 Å². The van der Waals surface area contributed by atoms with Gasteiger partial charge in [0, 0.05) is 30.6 Å². The number of fused-ring (bicyclic) bond motifs is 1. The minimum Gasteiger partial charge on any atom is -0.470 e. The van der Waals surface area contributed by atoms with E-state index >= 15 is 0 Å². The van der Waals surface area contributed by atoms with Gasteiger partial charge in [0.15, 0.2) is 0 Å². The Labute approximate surface area is 127 Å². The number of ether oxygens (including phenoxy) is 1. The molecule has 114 valence electrons. The smallest absolute Gasteiger partial charge is 0.241 e. The maximum Gasteiger partial charge on any atom is 0.241 e. The zero-order valence-corrected chi connectivity index (χ0v) is 12.6. The minimum absolute atomic E-state index is 0.180. The molecule has 1 aliphatic carbocycles. The summed E-state index contributed by atoms with van der Waals surface area (Å²) in [5, 5.41) is 14.4. The summed E-state index contributed by atoms with van der Waals surface area (Å²) in [5.41, 5.74) is 2.39. The third-order valence-corrected chi connectivity index (χ3v) is 4.26. The molecular weight excluding hydrogens is 280 g/mol. The van der Waals surface area contributed by atoms with Crippen LogP contribution in [0.25, 0.3) is 16.8 Å². The van der Waals surface area contributed by atoms with E-state index in [1.807, 2.05) is 25.5 Å². The van der Waals surface area contributed by atoms with Crippen LogP contribution in [0.15, 0.2) is 30.9 Å². The van der Waals surface area contributed by atoms with Gasteiger partial charge in [-0.05, 0) is 20.0 Å². The van der Waals surface area contributed by atoms with E-state index in [-0.39, 0.29) is 5.60 Å². The number of nitrogens with zero attached hydrogens (tertiary/aromatic N) is 4. The number of nitrogens with one attached hydrogen (secondary N) is 2. The maximum atomic E-state index is 6.24. The number of hydrogen-bond acceptors (Lipinski definition) is 5. The molecule has 22 heavy (non-hydrogen) atoms. The molecule has 0 bridgehead atoms. The number of aromatic nitrogens is 5. The number of H-pyrrole nitrogens is 1. The van der Waals surface area contributed by atoms with Gasteiger partial charge in [-0.25, -0.2) is 9.50 Å². The quantitative estimate of drug-likeness (QED) is 0.765. The molecule has 1 aliphatic rings. The fourth-order valence-electron chi connectivity index (χ4n) is 3.01. The molecule has 7 heteroatoms. The van der Waals surface area contributed by atoms with Gasteiger partial charge in [-0.1, -0.05) is 0 Å². The Morgan fingerprint density at radius 3 is 3.05 bits per heavy atom. The highest BCUT2D eigenvalue weighted by Crippen LogP contribution is 2.37. The van der Waals surface area contributed by atoms with E-state index in [1.165, 1.54) is 0 Å². The van der Waals surface area contributed by atoms with Crippen molar-refractivity contribution in [2.24, 2.45) is 0 Å². The molecule has 1 fully saturated rings. The van der Waals surface area contributed by atoms with Crippen molar-refractivity contribution in [1.29, 1.82) is 0 Å². The van der Waals surface area contributed by atoms with Gasteiger partial charge >= 0.3 is 0 Å². The van der Waals surface area contributed by atoms with Gasteiger partial charge in [0.25, 0.3) is 0 Å². The van der Waals surface area contributed by atoms with E-state index in [0.29, 0.717) is 11.9 Å². The van der Waals surface area contributed by atoms with Gasteiger partial charge in [0.05, 0.1) is 24.3 Å². The van der Waals surface area contributed by atoms with E-state index in [1.54, 1.807) is 16.9 Å². The first kappa shape index (κ1) is 13.3. The van der Waals surface area contributed by atoms with Crippen LogP contribution in [-0.4, -0.2) is 43.5 Å². The number of aromatic amines is 1. The average molecular weight is 298 g/mol. The predicted molar refractivity (Wildman–Crippen MR) is 81.7 cm³/mol. The summed E-state index contributed by atoms with van der Waals surface area (Å²) in [6.45, 7) is 2.12. The van der Waals surface area contributed by atoms with Gasteiger partial charge in [-0.2, -0.15) is 10.2 Å². The monoisotopic (exact) mass is 298 g/mol. The Balaban J connectivity index is 1.72. The van der Waals surface area contributed by atoms with Gasteiger partial charge < -0.3 is 10.1 Å². The van der Waals surface area contributed by atoms with Crippen molar-refractivity contribution in [3.8, 4) is 17.1 Å². The summed E-state index contributed by atoms with van der Waals surface area (Å²) in [4.78, 5) is 4.67. The lowest BCUT2D eigenvalue weighted by molar-refractivity contribution is -0.0152. The molecule has 0 spiro atoms. The Hall–Kier alpha value is -2.41. The topological polar surface area (TPSA) is 80.1 Å². The molecule has 0 aromatic carbocycles. The van der Waals surface area contributed by atoms with Crippen molar-refractivity contribution in [2.45, 2.75) is 31.4 Å². The summed E-state index contributed by atoms with van der Waals surface area (Å²) in [6, 6.07) is 2.43. The Morgan fingerprint density at radius 1 is 1.45 bits per heavy atom. The standard InChI is InChI=1S/C15H18N6O/c1-15(5-11(6-15)16-2)22-14-13-3-4-19-21(13)9-12(20-14)10-7-17-18-8-10/h3-4,7-9,11,16H,5-6H2,1-2H3,(H,17,18). The van der Waals surface area contributed by atoms with Gasteiger partial charge in [-0.3, -0.25) is 5.10 Å². The zero-order chi connectivity index (χ0) is 15.2. The molecule has 0 unspecified atom stereocenters. The molecule has 0 aliphatic heterocycles. The molecule has 3 aromatic rings. The molecule has 3 aromatic heterocycles. The lowest BCUT2D eigenvalue weighted by Gasteiger charge is -2.44. The van der Waals surface area contributed by atoms with Crippen molar-refractivity contribution in [1.82, 2.24) is 30.1 Å². The molecule has 7 nitrogen and oxygen atoms in total. The second-order valence-electron chi connectivity index (χ2n) is 6.03. The van der Waals surface area contributed by atoms with Gasteiger partial charge in [0.1, 0.15) is 11.1 Å². The summed E-state index contributed by atoms with van der Waals surface area (Å²) in [5.74, 6) is 0.619. The predicted octanol–water partition coefficient (Wildman–Crippen LogP) is 1.64. The van der Waals surface area contributed by atoms with E-state index in [4.69, 9.17) is 4.74 Å². The van der Waals surface area contributed by atoms with Crippen LogP contribution in [0.3, 0.4) is 0 Å². The van der Waals surface area contributed by atoms with Crippen LogP contribution >= 0.6 is 0 Å². The first-order valence-electron chi connectivity index (χ1n) is 7.37. The average Bonchev–Trinajstić information content (AvgIpc) is 3.14. The molecule has 0 radical (unpaired) electrons. The first-order chi connectivity index (χ1) is 10.7. The summed E-state index contributed by atoms with van der Waals surface area (Å²) in [7, 11) is 1.98. The molecule has 0 saturated heterocycles. The molecule has 3 heterocycles. The second kappa shape index (κ2) is 4.81. The highest BCUT2D eigenvalue weighted by atomic mass is 16.5. The molecule has 4 rings (SSSR count). The maximum absolute atomic E-state index is 6.24. The van der Waals surface area contributed by atoms with Crippen molar-refractivity contribution < 1.29 is 4.74 Å². The molecule has 0 amide bonds. The van der Waals surface area contributed by atoms with Gasteiger partial charge in [-0.15, -0.1) is 0 Å². The van der Waals surface area contributed by atoms with Crippen molar-refractivity contribution in [3.63, 3.8) is 0 Å². The fraction of sp³-hybridized carbons (Fsp3) is 0.400. The van der Waals surface area contributed by atoms with E-state index < -0.39 is 0 Å². The van der Waals surface area contributed by atoms with Crippen LogP contribution in [0.2, 0.25) is 0 Å². The van der Waals surface area contributed by atoms with Crippen LogP contribution in [0, 0.1) is 0 Å². The Kier molecular flexibility index (Phi) is 2.90. The molecular formula is C15H18N6O. The normalized spacial score (nSPS) is 24.4. The lowest BCUT2D eigenvalue weighted by Crippen LogP contribution is -2.54. The lowest BCUT2D eigenvalue weighted by atomic mass is 9.77. The van der Waals surface area contributed by atoms with Crippen LogP contribution in [0.4, 0.5) is 0 Å². The molecule has 1 saturated carbocycles. The minimum atomic E-state index is -0.180. The SMILES string of the molecule is CNC1CC(C)(Oc2nc(-c3cn[nH]c3)cn3nccc23)C1. The number of hydrogen-bond donors (Lipinski definition) is 2. The first-order valence-corrected chi connectivity index (χ1v) is 7.37. The summed E-state index contributed by atoms with van der Waals surface area (Å²) < 4.78 is 8.03. The molecule has 0 atom stereocenters. The van der Waals surface area contributed by atoms with Crippen LogP contribution in [0.5, 0.6) is 5.88 Å². The van der Waals surface area contributed by atoms with Crippen LogP contribution in [0.1, 0.15) is 19.8 Å². The largest absolute Gasteiger partial charge is 0.470 e. The van der Waals surface area contributed by atoms with E-state index in [2.05, 4.69) is 32.5 Å². The van der Waals surface area contributed by atoms with E-state index in [0.717, 1.165) is 29.6 Å². The third kappa shape index (κ3) is 2.14. The van der Waals surface area contributed by atoms with Crippen molar-refractivity contribution in [3.05, 3.63) is 30.9 Å². The van der Waals surface area contributed by atoms with Crippen molar-refractivity contribution in [2.75, 3.05) is 7.05 Å². The Bertz CT molecular complexity index is 788. The van der Waals surface area contributed by atoms with Crippen molar-refractivity contribution >= 4 is 5.52 Å². The zero-order valence-electron chi connectivity index (χ0n) is 12.6. The van der Waals surface area contributed by atoms with Crippen LogP contribution < -0.4 is 10.1 Å². The molecule has 2 N–H and O–H groups in total. The summed E-state index contributed by atoms with van der Waals surface area (Å²) in [6.07, 6.45) is 9.13. The second-order valence-corrected chi connectivity index (χ2v) is 6.03. The Morgan fingerprint density at radius 2 is 2.32 bits per heavy atom.